The molecular formula is C32H38F2N4O2. The van der Waals surface area contributed by atoms with Crippen LogP contribution in [0.5, 0.6) is 11.5 Å². The molecule has 5 rings (SSSR count). The molecule has 0 N–H and O–H groups in total. The lowest BCUT2D eigenvalue weighted by Gasteiger charge is -2.31. The van der Waals surface area contributed by atoms with E-state index in [-0.39, 0.29) is 40.5 Å². The van der Waals surface area contributed by atoms with Gasteiger partial charge in [0.2, 0.25) is 0 Å². The summed E-state index contributed by atoms with van der Waals surface area (Å²) >= 11 is 0. The van der Waals surface area contributed by atoms with Crippen LogP contribution in [0.4, 0.5) is 14.6 Å². The molecule has 6 nitrogen and oxygen atoms in total. The van der Waals surface area contributed by atoms with Crippen LogP contribution in [0.1, 0.15) is 69.3 Å². The number of hydrogen-bond donors (Lipinski definition) is 0. The number of aromatic nitrogens is 2. The highest BCUT2D eigenvalue weighted by molar-refractivity contribution is 5.97. The van der Waals surface area contributed by atoms with Crippen molar-refractivity contribution in [1.29, 1.82) is 0 Å². The third-order valence-corrected chi connectivity index (χ3v) is 8.38. The lowest BCUT2D eigenvalue weighted by Crippen LogP contribution is -2.42. The Balaban J connectivity index is 1.33. The highest BCUT2D eigenvalue weighted by Gasteiger charge is 2.44. The standard InChI is InChI=1S/C32H38F2N4O2/c1-21(2)38(22(3)4)31(39)27-16-26(34)9-10-28(27)40-29-18-35-20-36-30(29)37-14-13-32(19-37)12-11-24(17-32)15-23-5-7-25(33)8-6-23/h5-10,16,18,20-22,24H,11-15,17,19H2,1-4H3. The predicted octanol–water partition coefficient (Wildman–Crippen LogP) is 7.05. The fourth-order valence-corrected chi connectivity index (χ4v) is 6.64. The molecule has 3 aromatic rings. The van der Waals surface area contributed by atoms with E-state index in [1.165, 1.54) is 42.2 Å². The Labute approximate surface area is 235 Å². The fourth-order valence-electron chi connectivity index (χ4n) is 6.64. The number of benzene rings is 2. The first-order valence-corrected chi connectivity index (χ1v) is 14.2. The summed E-state index contributed by atoms with van der Waals surface area (Å²) in [6.45, 7) is 9.48. The summed E-state index contributed by atoms with van der Waals surface area (Å²) in [5.41, 5.74) is 1.57. The maximum absolute atomic E-state index is 14.3. The zero-order chi connectivity index (χ0) is 28.4. The van der Waals surface area contributed by atoms with Crippen molar-refractivity contribution in [3.8, 4) is 11.5 Å². The Morgan fingerprint density at radius 2 is 1.77 bits per heavy atom. The normalized spacial score (nSPS) is 20.6. The lowest BCUT2D eigenvalue weighted by atomic mass is 9.83. The van der Waals surface area contributed by atoms with E-state index >= 15 is 0 Å². The number of halogens is 2. The van der Waals surface area contributed by atoms with Crippen molar-refractivity contribution in [2.45, 2.75) is 71.9 Å². The second-order valence-electron chi connectivity index (χ2n) is 12.0. The van der Waals surface area contributed by atoms with Crippen LogP contribution in [0.15, 0.2) is 55.0 Å². The molecule has 40 heavy (non-hydrogen) atoms. The van der Waals surface area contributed by atoms with Crippen LogP contribution in [0.25, 0.3) is 0 Å². The summed E-state index contributed by atoms with van der Waals surface area (Å²) in [4.78, 5) is 26.2. The smallest absolute Gasteiger partial charge is 0.258 e. The van der Waals surface area contributed by atoms with Crippen molar-refractivity contribution in [1.82, 2.24) is 14.9 Å². The molecule has 2 aromatic carbocycles. The van der Waals surface area contributed by atoms with Crippen LogP contribution >= 0.6 is 0 Å². The largest absolute Gasteiger partial charge is 0.451 e. The molecular weight excluding hydrogens is 510 g/mol. The van der Waals surface area contributed by atoms with Crippen molar-refractivity contribution >= 4 is 11.7 Å². The van der Waals surface area contributed by atoms with Gasteiger partial charge in [-0.15, -0.1) is 0 Å². The number of hydrogen-bond acceptors (Lipinski definition) is 5. The average Bonchev–Trinajstić information content (AvgIpc) is 3.52. The summed E-state index contributed by atoms with van der Waals surface area (Å²) < 4.78 is 33.9. The Hall–Kier alpha value is -3.55. The molecule has 0 radical (unpaired) electrons. The second kappa shape index (κ2) is 11.5. The fraction of sp³-hybridized carbons (Fsp3) is 0.469. The van der Waals surface area contributed by atoms with Crippen LogP contribution in [-0.4, -0.2) is 45.9 Å². The Morgan fingerprint density at radius 3 is 2.50 bits per heavy atom. The molecule has 212 valence electrons. The molecule has 0 bridgehead atoms. The van der Waals surface area contributed by atoms with Crippen LogP contribution in [0, 0.1) is 23.0 Å². The van der Waals surface area contributed by atoms with Gasteiger partial charge >= 0.3 is 0 Å². The molecule has 1 amide bonds. The van der Waals surface area contributed by atoms with Gasteiger partial charge in [-0.3, -0.25) is 4.79 Å². The maximum atomic E-state index is 14.3. The zero-order valence-electron chi connectivity index (χ0n) is 23.7. The molecule has 2 heterocycles. The SMILES string of the molecule is CC(C)N(C(=O)c1cc(F)ccc1Oc1cncnc1N1CCC2(CCC(Cc3ccc(F)cc3)C2)C1)C(C)C. The molecule has 1 aromatic heterocycles. The van der Waals surface area contributed by atoms with E-state index in [4.69, 9.17) is 4.74 Å². The molecule has 1 aliphatic carbocycles. The van der Waals surface area contributed by atoms with Crippen molar-refractivity contribution < 1.29 is 18.3 Å². The summed E-state index contributed by atoms with van der Waals surface area (Å²) in [6.07, 6.45) is 8.58. The third kappa shape index (κ3) is 5.96. The topological polar surface area (TPSA) is 58.6 Å². The van der Waals surface area contributed by atoms with Gasteiger partial charge in [0.25, 0.3) is 5.91 Å². The van der Waals surface area contributed by atoms with Crippen LogP contribution in [0.3, 0.4) is 0 Å². The number of carbonyl (C=O) groups is 1. The minimum absolute atomic E-state index is 0.0571. The first kappa shape index (κ1) is 28.0. The van der Waals surface area contributed by atoms with E-state index in [9.17, 15) is 13.6 Å². The molecule has 1 saturated heterocycles. The van der Waals surface area contributed by atoms with Gasteiger partial charge in [-0.1, -0.05) is 12.1 Å². The van der Waals surface area contributed by atoms with Gasteiger partial charge in [0.1, 0.15) is 23.7 Å². The Bertz CT molecular complexity index is 1340. The Kier molecular flexibility index (Phi) is 8.06. The van der Waals surface area contributed by atoms with Gasteiger partial charge in [-0.2, -0.15) is 0 Å². The van der Waals surface area contributed by atoms with Crippen LogP contribution < -0.4 is 9.64 Å². The molecule has 2 unspecified atom stereocenters. The van der Waals surface area contributed by atoms with E-state index < -0.39 is 5.82 Å². The number of nitrogens with zero attached hydrogens (tertiary/aromatic N) is 4. The first-order valence-electron chi connectivity index (χ1n) is 14.2. The van der Waals surface area contributed by atoms with Crippen LogP contribution in [-0.2, 0) is 6.42 Å². The lowest BCUT2D eigenvalue weighted by molar-refractivity contribution is 0.0640. The molecule has 8 heteroatoms. The number of carbonyl (C=O) groups excluding carboxylic acids is 1. The minimum atomic E-state index is -0.495. The quantitative estimate of drug-likeness (QED) is 0.302. The van der Waals surface area contributed by atoms with Crippen molar-refractivity contribution in [3.05, 3.63) is 77.8 Å². The summed E-state index contributed by atoms with van der Waals surface area (Å²) in [6, 6.07) is 10.8. The summed E-state index contributed by atoms with van der Waals surface area (Å²) in [7, 11) is 0. The molecule has 1 spiro atoms. The molecule has 2 aliphatic rings. The minimum Gasteiger partial charge on any atom is -0.451 e. The number of amides is 1. The number of rotatable bonds is 8. The monoisotopic (exact) mass is 548 g/mol. The summed E-state index contributed by atoms with van der Waals surface area (Å²) in [5.74, 6) is 1.01. The number of ether oxygens (including phenoxy) is 1. The van der Waals surface area contributed by atoms with E-state index in [0.29, 0.717) is 17.5 Å². The van der Waals surface area contributed by atoms with Crippen molar-refractivity contribution in [3.63, 3.8) is 0 Å². The highest BCUT2D eigenvalue weighted by atomic mass is 19.1. The van der Waals surface area contributed by atoms with Gasteiger partial charge in [-0.05, 0) is 107 Å². The van der Waals surface area contributed by atoms with Gasteiger partial charge in [0.15, 0.2) is 11.6 Å². The third-order valence-electron chi connectivity index (χ3n) is 8.38. The Morgan fingerprint density at radius 1 is 1.05 bits per heavy atom. The van der Waals surface area contributed by atoms with E-state index in [2.05, 4.69) is 14.9 Å². The van der Waals surface area contributed by atoms with Crippen molar-refractivity contribution in [2.24, 2.45) is 11.3 Å². The summed E-state index contributed by atoms with van der Waals surface area (Å²) in [5, 5.41) is 0. The van der Waals surface area contributed by atoms with Crippen LogP contribution in [0.2, 0.25) is 0 Å². The zero-order valence-corrected chi connectivity index (χ0v) is 23.7. The van der Waals surface area contributed by atoms with E-state index in [0.717, 1.165) is 45.2 Å². The second-order valence-corrected chi connectivity index (χ2v) is 12.0. The predicted molar refractivity (Wildman–Crippen MR) is 152 cm³/mol. The maximum Gasteiger partial charge on any atom is 0.258 e. The molecule has 2 fully saturated rings. The van der Waals surface area contributed by atoms with Gasteiger partial charge in [0, 0.05) is 25.2 Å². The molecule has 2 atom stereocenters. The highest BCUT2D eigenvalue weighted by Crippen LogP contribution is 2.50. The van der Waals surface area contributed by atoms with Gasteiger partial charge in [0.05, 0.1) is 11.8 Å². The molecule has 1 aliphatic heterocycles. The van der Waals surface area contributed by atoms with Gasteiger partial charge < -0.3 is 14.5 Å². The van der Waals surface area contributed by atoms with Crippen molar-refractivity contribution in [2.75, 3.05) is 18.0 Å². The number of anilines is 1. The average molecular weight is 549 g/mol. The first-order chi connectivity index (χ1) is 19.1. The van der Waals surface area contributed by atoms with Gasteiger partial charge in [-0.25, -0.2) is 18.7 Å². The molecule has 1 saturated carbocycles. The van der Waals surface area contributed by atoms with E-state index in [1.807, 2.05) is 39.8 Å². The van der Waals surface area contributed by atoms with E-state index in [1.54, 1.807) is 11.1 Å².